The molecule has 1 atom stereocenters. The van der Waals surface area contributed by atoms with Crippen molar-refractivity contribution in [2.24, 2.45) is 5.73 Å². The fourth-order valence-corrected chi connectivity index (χ4v) is 2.14. The zero-order chi connectivity index (χ0) is 12.6. The molecule has 1 aromatic rings. The number of rotatable bonds is 2. The van der Waals surface area contributed by atoms with E-state index >= 15 is 0 Å². The van der Waals surface area contributed by atoms with Gasteiger partial charge in [-0.1, -0.05) is 11.6 Å². The van der Waals surface area contributed by atoms with E-state index in [1.807, 2.05) is 0 Å². The summed E-state index contributed by atoms with van der Waals surface area (Å²) in [6, 6.07) is 2.76. The van der Waals surface area contributed by atoms with Crippen molar-refractivity contribution in [1.82, 2.24) is 0 Å². The lowest BCUT2D eigenvalue weighted by molar-refractivity contribution is -0.116. The highest BCUT2D eigenvalue weighted by atomic mass is 35.5. The van der Waals surface area contributed by atoms with Gasteiger partial charge in [0.05, 0.1) is 16.8 Å². The predicted octanol–water partition coefficient (Wildman–Crippen LogP) is 1.75. The van der Waals surface area contributed by atoms with Crippen molar-refractivity contribution in [3.05, 3.63) is 28.3 Å². The Kier molecular flexibility index (Phi) is 3.17. The first-order valence-electron chi connectivity index (χ1n) is 5.41. The summed E-state index contributed by atoms with van der Waals surface area (Å²) < 4.78 is 0. The molecule has 1 aliphatic heterocycles. The molecule has 1 heterocycles. The van der Waals surface area contributed by atoms with E-state index in [4.69, 9.17) is 17.3 Å². The summed E-state index contributed by atoms with van der Waals surface area (Å²) in [4.78, 5) is 23.0. The van der Waals surface area contributed by atoms with Crippen LogP contribution in [-0.2, 0) is 11.2 Å². The van der Waals surface area contributed by atoms with E-state index in [9.17, 15) is 9.59 Å². The van der Waals surface area contributed by atoms with Gasteiger partial charge in [0.15, 0.2) is 5.78 Å². The molecule has 1 amide bonds. The average Bonchev–Trinajstić information content (AvgIpc) is 2.28. The number of fused-ring (bicyclic) bond motifs is 1. The van der Waals surface area contributed by atoms with E-state index in [1.54, 1.807) is 19.1 Å². The van der Waals surface area contributed by atoms with Crippen LogP contribution in [0.2, 0.25) is 5.02 Å². The number of amides is 1. The van der Waals surface area contributed by atoms with E-state index < -0.39 is 6.04 Å². The van der Waals surface area contributed by atoms with Gasteiger partial charge in [-0.05, 0) is 31.0 Å². The quantitative estimate of drug-likeness (QED) is 0.788. The molecule has 0 saturated carbocycles. The maximum atomic E-state index is 11.8. The number of ketones is 1. The first-order chi connectivity index (χ1) is 7.99. The molecule has 0 radical (unpaired) electrons. The number of aryl methyl sites for hydroxylation is 1. The highest BCUT2D eigenvalue weighted by molar-refractivity contribution is 6.34. The third-order valence-corrected chi connectivity index (χ3v) is 3.05. The highest BCUT2D eigenvalue weighted by Crippen LogP contribution is 2.32. The second-order valence-corrected chi connectivity index (χ2v) is 4.60. The van der Waals surface area contributed by atoms with Gasteiger partial charge in [-0.3, -0.25) is 9.59 Å². The van der Waals surface area contributed by atoms with Gasteiger partial charge < -0.3 is 11.1 Å². The lowest BCUT2D eigenvalue weighted by Crippen LogP contribution is -2.27. The summed E-state index contributed by atoms with van der Waals surface area (Å²) in [5.41, 5.74) is 7.56. The second kappa shape index (κ2) is 4.47. The van der Waals surface area contributed by atoms with E-state index in [0.717, 1.165) is 5.56 Å². The Morgan fingerprint density at radius 3 is 2.82 bits per heavy atom. The minimum Gasteiger partial charge on any atom is -0.325 e. The molecule has 17 heavy (non-hydrogen) atoms. The van der Waals surface area contributed by atoms with Gasteiger partial charge in [0, 0.05) is 12.0 Å². The van der Waals surface area contributed by atoms with Gasteiger partial charge in [0.25, 0.3) is 0 Å². The van der Waals surface area contributed by atoms with E-state index in [1.165, 1.54) is 0 Å². The average molecular weight is 253 g/mol. The molecule has 0 aliphatic carbocycles. The van der Waals surface area contributed by atoms with Crippen molar-refractivity contribution in [2.45, 2.75) is 25.8 Å². The number of nitrogens with one attached hydrogen (secondary N) is 1. The number of halogens is 1. The fourth-order valence-electron chi connectivity index (χ4n) is 1.86. The van der Waals surface area contributed by atoms with Gasteiger partial charge in [0.2, 0.25) is 5.91 Å². The zero-order valence-corrected chi connectivity index (χ0v) is 10.2. The van der Waals surface area contributed by atoms with Crippen molar-refractivity contribution in [2.75, 3.05) is 5.32 Å². The van der Waals surface area contributed by atoms with Crippen LogP contribution in [0.4, 0.5) is 5.69 Å². The number of anilines is 1. The standard InChI is InChI=1S/C12H13ClN2O2/c1-6(14)12(17)8-4-7-2-3-10(16)15-11(7)9(13)5-8/h4-6H,2-3,14H2,1H3,(H,15,16). The zero-order valence-electron chi connectivity index (χ0n) is 9.42. The molecular weight excluding hydrogens is 240 g/mol. The van der Waals surface area contributed by atoms with Crippen LogP contribution in [0.1, 0.15) is 29.3 Å². The van der Waals surface area contributed by atoms with Gasteiger partial charge >= 0.3 is 0 Å². The molecule has 3 N–H and O–H groups in total. The molecule has 5 heteroatoms. The number of hydrogen-bond donors (Lipinski definition) is 2. The fraction of sp³-hybridized carbons (Fsp3) is 0.333. The Labute approximate surface area is 104 Å². The largest absolute Gasteiger partial charge is 0.325 e. The third-order valence-electron chi connectivity index (χ3n) is 2.76. The van der Waals surface area contributed by atoms with Crippen LogP contribution in [0, 0.1) is 0 Å². The van der Waals surface area contributed by atoms with E-state index in [2.05, 4.69) is 5.32 Å². The third kappa shape index (κ3) is 2.33. The maximum absolute atomic E-state index is 11.8. The van der Waals surface area contributed by atoms with Crippen molar-refractivity contribution in [1.29, 1.82) is 0 Å². The van der Waals surface area contributed by atoms with Gasteiger partial charge in [-0.2, -0.15) is 0 Å². The smallest absolute Gasteiger partial charge is 0.224 e. The molecule has 1 unspecified atom stereocenters. The summed E-state index contributed by atoms with van der Waals surface area (Å²) in [5.74, 6) is -0.197. The van der Waals surface area contributed by atoms with Crippen LogP contribution >= 0.6 is 11.6 Å². The van der Waals surface area contributed by atoms with Gasteiger partial charge in [-0.25, -0.2) is 0 Å². The van der Waals surface area contributed by atoms with E-state index in [0.29, 0.717) is 29.1 Å². The molecule has 0 saturated heterocycles. The van der Waals surface area contributed by atoms with E-state index in [-0.39, 0.29) is 11.7 Å². The lowest BCUT2D eigenvalue weighted by Gasteiger charge is -2.19. The van der Waals surface area contributed by atoms with Crippen molar-refractivity contribution < 1.29 is 9.59 Å². The number of carbonyl (C=O) groups excluding carboxylic acids is 2. The Bertz CT molecular complexity index is 498. The Morgan fingerprint density at radius 1 is 1.47 bits per heavy atom. The number of hydrogen-bond acceptors (Lipinski definition) is 3. The summed E-state index contributed by atoms with van der Waals surface area (Å²) in [6.45, 7) is 1.64. The lowest BCUT2D eigenvalue weighted by atomic mass is 9.97. The molecule has 4 nitrogen and oxygen atoms in total. The normalized spacial score (nSPS) is 16.1. The van der Waals surface area contributed by atoms with Gasteiger partial charge in [-0.15, -0.1) is 0 Å². The number of nitrogens with two attached hydrogens (primary N) is 1. The minimum absolute atomic E-state index is 0.0503. The van der Waals surface area contributed by atoms with Crippen LogP contribution < -0.4 is 11.1 Å². The first-order valence-corrected chi connectivity index (χ1v) is 5.79. The Balaban J connectivity index is 2.44. The molecule has 0 spiro atoms. The minimum atomic E-state index is -0.553. The number of Topliss-reactive ketones (excluding diaryl/α,β-unsaturated/α-hetero) is 1. The van der Waals surface area contributed by atoms with Crippen LogP contribution in [0.25, 0.3) is 0 Å². The summed E-state index contributed by atoms with van der Waals surface area (Å²) >= 11 is 6.05. The number of carbonyl (C=O) groups is 2. The number of benzene rings is 1. The molecule has 1 aliphatic rings. The molecule has 1 aromatic carbocycles. The van der Waals surface area contributed by atoms with Gasteiger partial charge in [0.1, 0.15) is 0 Å². The maximum Gasteiger partial charge on any atom is 0.224 e. The summed E-state index contributed by atoms with van der Waals surface area (Å²) in [6.07, 6.45) is 1.01. The Hall–Kier alpha value is -1.39. The van der Waals surface area contributed by atoms with Crippen LogP contribution in [-0.4, -0.2) is 17.7 Å². The molecule has 0 fully saturated rings. The van der Waals surface area contributed by atoms with Crippen molar-refractivity contribution in [3.8, 4) is 0 Å². The molecule has 2 rings (SSSR count). The summed E-state index contributed by atoms with van der Waals surface area (Å²) in [5, 5.41) is 3.10. The topological polar surface area (TPSA) is 72.2 Å². The van der Waals surface area contributed by atoms with Crippen LogP contribution in [0.15, 0.2) is 12.1 Å². The monoisotopic (exact) mass is 252 g/mol. The van der Waals surface area contributed by atoms with Crippen molar-refractivity contribution >= 4 is 29.0 Å². The van der Waals surface area contributed by atoms with Crippen molar-refractivity contribution in [3.63, 3.8) is 0 Å². The van der Waals surface area contributed by atoms with Crippen LogP contribution in [0.5, 0.6) is 0 Å². The summed E-state index contributed by atoms with van der Waals surface area (Å²) in [7, 11) is 0. The molecular formula is C12H13ClN2O2. The SMILES string of the molecule is CC(N)C(=O)c1cc(Cl)c2c(c1)CCC(=O)N2. The molecule has 0 aromatic heterocycles. The highest BCUT2D eigenvalue weighted by Gasteiger charge is 2.21. The molecule has 0 bridgehead atoms. The Morgan fingerprint density at radius 2 is 2.18 bits per heavy atom. The molecule has 90 valence electrons. The second-order valence-electron chi connectivity index (χ2n) is 4.19. The first kappa shape index (κ1) is 12.1. The van der Waals surface area contributed by atoms with Crippen LogP contribution in [0.3, 0.4) is 0 Å². The predicted molar refractivity (Wildman–Crippen MR) is 66.4 cm³/mol.